The molecule has 13 nitrogen and oxygen atoms in total. The van der Waals surface area contributed by atoms with Gasteiger partial charge in [0, 0.05) is 49.1 Å². The van der Waals surface area contributed by atoms with Crippen LogP contribution in [0, 0.1) is 11.8 Å². The van der Waals surface area contributed by atoms with Gasteiger partial charge in [-0.1, -0.05) is 135 Å². The molecule has 3 N–H and O–H groups in total. The van der Waals surface area contributed by atoms with Gasteiger partial charge in [-0.15, -0.1) is 0 Å². The lowest BCUT2D eigenvalue weighted by Gasteiger charge is -2.42. The third-order valence-corrected chi connectivity index (χ3v) is 15.1. The summed E-state index contributed by atoms with van der Waals surface area (Å²) in [6, 6.07) is 25.7. The highest BCUT2D eigenvalue weighted by molar-refractivity contribution is 6.46. The Hall–Kier alpha value is -5.38. The molecule has 17 heteroatoms. The highest BCUT2D eigenvalue weighted by Gasteiger charge is 2.44. The Morgan fingerprint density at radius 1 is 0.653 bits per heavy atom. The normalized spacial score (nSPS) is 16.3. The Balaban J connectivity index is 0.000000193. The molecule has 0 bridgehead atoms. The van der Waals surface area contributed by atoms with Crippen LogP contribution in [0.2, 0.25) is 20.1 Å². The number of nitrogens with one attached hydrogen (secondary N) is 2. The van der Waals surface area contributed by atoms with E-state index in [0.717, 1.165) is 51.9 Å². The molecule has 6 aromatic rings. The van der Waals surface area contributed by atoms with Crippen molar-refractivity contribution >= 4 is 92.0 Å². The van der Waals surface area contributed by atoms with Gasteiger partial charge in [0.05, 0.1) is 58.4 Å². The molecule has 3 aliphatic heterocycles. The first-order valence-electron chi connectivity index (χ1n) is 23.8. The number of esters is 1. The van der Waals surface area contributed by atoms with Crippen molar-refractivity contribution < 1.29 is 43.2 Å². The van der Waals surface area contributed by atoms with E-state index in [1.165, 1.54) is 12.8 Å². The summed E-state index contributed by atoms with van der Waals surface area (Å²) in [5.41, 5.74) is 4.58. The second-order valence-corrected chi connectivity index (χ2v) is 20.7. The minimum Gasteiger partial charge on any atom is -0.481 e. The first kappa shape index (κ1) is 54.4. The number of fused-ring (bicyclic) bond motifs is 2. The predicted octanol–water partition coefficient (Wildman–Crippen LogP) is 11.4. The van der Waals surface area contributed by atoms with E-state index in [4.69, 9.17) is 65.4 Å². The summed E-state index contributed by atoms with van der Waals surface area (Å²) in [6.07, 6.45) is 4.11. The van der Waals surface area contributed by atoms with Crippen LogP contribution in [0.4, 0.5) is 0 Å². The van der Waals surface area contributed by atoms with E-state index in [1.54, 1.807) is 46.5 Å². The molecule has 2 unspecified atom stereocenters. The van der Waals surface area contributed by atoms with Crippen LogP contribution in [0.5, 0.6) is 0 Å². The van der Waals surface area contributed by atoms with Gasteiger partial charge < -0.3 is 43.8 Å². The fourth-order valence-corrected chi connectivity index (χ4v) is 10.1. The van der Waals surface area contributed by atoms with Gasteiger partial charge in [0.1, 0.15) is 29.1 Å². The van der Waals surface area contributed by atoms with E-state index in [2.05, 4.69) is 17.2 Å². The SMILES string of the molecule is C1CCOC1.C=CCOC(=O)C(c1ccc(C2(NC(=O)c3cc4c(Cl)c(Cl)ccc4n3C)COC2)cc1)C(C)C.CC(C)C(C(=O)O)c1ccc(C2(NC(=O)c3cc4c(Cl)c(Cl)ccc4n3C)COC2)cc1. The van der Waals surface area contributed by atoms with E-state index in [0.29, 0.717) is 63.3 Å². The molecule has 2 amide bonds. The van der Waals surface area contributed by atoms with Crippen molar-refractivity contribution in [3.63, 3.8) is 0 Å². The summed E-state index contributed by atoms with van der Waals surface area (Å²) < 4.78 is 24.8. The summed E-state index contributed by atoms with van der Waals surface area (Å²) in [5.74, 6) is -2.57. The van der Waals surface area contributed by atoms with Gasteiger partial charge in [0.15, 0.2) is 0 Å². The molecule has 72 heavy (non-hydrogen) atoms. The Kier molecular flexibility index (Phi) is 17.5. The zero-order valence-electron chi connectivity index (χ0n) is 41.2. The molecular formula is C55H60Cl4N4O9. The van der Waals surface area contributed by atoms with Crippen LogP contribution in [-0.4, -0.2) is 84.2 Å². The smallest absolute Gasteiger partial charge is 0.313 e. The van der Waals surface area contributed by atoms with Crippen LogP contribution < -0.4 is 10.6 Å². The van der Waals surface area contributed by atoms with Crippen LogP contribution in [0.15, 0.2) is 97.6 Å². The van der Waals surface area contributed by atoms with Gasteiger partial charge in [-0.3, -0.25) is 19.2 Å². The zero-order chi connectivity index (χ0) is 52.1. The Morgan fingerprint density at radius 3 is 1.38 bits per heavy atom. The number of halogens is 4. The molecule has 3 aliphatic rings. The van der Waals surface area contributed by atoms with Crippen LogP contribution in [0.3, 0.4) is 0 Å². The Labute approximate surface area is 439 Å². The number of rotatable bonds is 14. The van der Waals surface area contributed by atoms with Crippen molar-refractivity contribution in [1.29, 1.82) is 0 Å². The standard InChI is InChI=1S/C27H28Cl2N2O4.C24H24Cl2N2O4.C4H8O/c1-5-12-35-26(33)23(16(2)3)17-6-8-18(9-7-17)27(14-34-15-27)30-25(32)22-13-19-21(31(22)4)11-10-20(28)24(19)29;1-13(2)20(23(30)31)14-4-6-15(7-5-14)24(11-32-12-24)27-22(29)19-10-16-18(28(19)3)9-8-17(25)21(16)26;1-2-4-5-3-1/h5-11,13,16,23H,1,12,14-15H2,2-4H3,(H,30,32);4-10,13,20H,11-12H2,1-3H3,(H,27,29)(H,30,31);1-4H2. The van der Waals surface area contributed by atoms with E-state index in [1.807, 2.05) is 95.4 Å². The number of nitrogens with zero attached hydrogens (tertiary/aromatic N) is 2. The van der Waals surface area contributed by atoms with Gasteiger partial charge in [0.2, 0.25) is 0 Å². The second-order valence-electron chi connectivity index (χ2n) is 19.1. The summed E-state index contributed by atoms with van der Waals surface area (Å²) in [7, 11) is 3.62. The third-order valence-electron chi connectivity index (χ3n) is 13.5. The van der Waals surface area contributed by atoms with Gasteiger partial charge in [-0.2, -0.15) is 0 Å². The number of aromatic nitrogens is 2. The number of aliphatic carboxylic acids is 1. The first-order chi connectivity index (χ1) is 34.3. The van der Waals surface area contributed by atoms with E-state index >= 15 is 0 Å². The van der Waals surface area contributed by atoms with Crippen molar-refractivity contribution in [2.75, 3.05) is 46.2 Å². The van der Waals surface area contributed by atoms with E-state index in [-0.39, 0.29) is 42.1 Å². The second kappa shape index (κ2) is 23.2. The molecule has 0 saturated carbocycles. The average Bonchev–Trinajstić information content (AvgIpc) is 4.10. The largest absolute Gasteiger partial charge is 0.481 e. The molecule has 0 radical (unpaired) electrons. The van der Waals surface area contributed by atoms with Crippen molar-refractivity contribution in [1.82, 2.24) is 19.8 Å². The minimum atomic E-state index is -0.850. The maximum Gasteiger partial charge on any atom is 0.313 e. The highest BCUT2D eigenvalue weighted by Crippen LogP contribution is 2.38. The maximum atomic E-state index is 13.3. The molecule has 9 rings (SSSR count). The summed E-state index contributed by atoms with van der Waals surface area (Å²) >= 11 is 25.0. The number of amides is 2. The number of benzene rings is 4. The number of aryl methyl sites for hydroxylation is 2. The lowest BCUT2D eigenvalue weighted by molar-refractivity contribution is -0.145. The minimum absolute atomic E-state index is 0.0363. The van der Waals surface area contributed by atoms with Gasteiger partial charge in [-0.25, -0.2) is 0 Å². The van der Waals surface area contributed by atoms with Crippen LogP contribution in [-0.2, 0) is 53.7 Å². The number of ether oxygens (including phenoxy) is 4. The van der Waals surface area contributed by atoms with Gasteiger partial charge >= 0.3 is 11.9 Å². The van der Waals surface area contributed by atoms with E-state index in [9.17, 15) is 24.3 Å². The monoisotopic (exact) mass is 1060 g/mol. The third kappa shape index (κ3) is 11.4. The molecular weight excluding hydrogens is 1000 g/mol. The van der Waals surface area contributed by atoms with Gasteiger partial charge in [-0.05, 0) is 83.3 Å². The van der Waals surface area contributed by atoms with Crippen LogP contribution in [0.1, 0.15) is 95.6 Å². The number of hydrogen-bond donors (Lipinski definition) is 3. The molecule has 2 aromatic heterocycles. The van der Waals surface area contributed by atoms with Crippen molar-refractivity contribution in [2.24, 2.45) is 25.9 Å². The predicted molar refractivity (Wildman–Crippen MR) is 283 cm³/mol. The number of carbonyl (C=O) groups excluding carboxylic acids is 3. The summed E-state index contributed by atoms with van der Waals surface area (Å²) in [6.45, 7) is 14.9. The molecule has 0 spiro atoms. The summed E-state index contributed by atoms with van der Waals surface area (Å²) in [4.78, 5) is 50.8. The molecule has 382 valence electrons. The molecule has 3 saturated heterocycles. The van der Waals surface area contributed by atoms with Crippen molar-refractivity contribution in [3.05, 3.63) is 151 Å². The molecule has 4 aromatic carbocycles. The highest BCUT2D eigenvalue weighted by atomic mass is 35.5. The Bertz CT molecular complexity index is 2950. The zero-order valence-corrected chi connectivity index (χ0v) is 44.2. The first-order valence-corrected chi connectivity index (χ1v) is 25.3. The number of carboxylic acids is 1. The molecule has 3 fully saturated rings. The lowest BCUT2D eigenvalue weighted by atomic mass is 9.83. The van der Waals surface area contributed by atoms with E-state index < -0.39 is 23.0 Å². The fourth-order valence-electron chi connectivity index (χ4n) is 9.30. The molecule has 0 aliphatic carbocycles. The van der Waals surface area contributed by atoms with Crippen LogP contribution in [0.25, 0.3) is 21.8 Å². The quantitative estimate of drug-likeness (QED) is 0.0713. The topological polar surface area (TPSA) is 159 Å². The Morgan fingerprint density at radius 2 is 1.06 bits per heavy atom. The van der Waals surface area contributed by atoms with Gasteiger partial charge in [0.25, 0.3) is 11.8 Å². The van der Waals surface area contributed by atoms with Crippen LogP contribution >= 0.6 is 46.4 Å². The number of hydrogen-bond acceptors (Lipinski definition) is 8. The molecule has 2 atom stereocenters. The van der Waals surface area contributed by atoms with Crippen molar-refractivity contribution in [3.8, 4) is 0 Å². The lowest BCUT2D eigenvalue weighted by Crippen LogP contribution is -2.59. The van der Waals surface area contributed by atoms with Crippen molar-refractivity contribution in [2.45, 2.75) is 63.5 Å². The fraction of sp³-hybridized carbons (Fsp3) is 0.382. The number of carbonyl (C=O) groups is 4. The average molecular weight is 1060 g/mol. The summed E-state index contributed by atoms with van der Waals surface area (Å²) in [5, 5.41) is 19.0. The number of carboxylic acid groups (broad SMARTS) is 1. The maximum absolute atomic E-state index is 13.3. The molecule has 5 heterocycles.